The van der Waals surface area contributed by atoms with E-state index in [1.54, 1.807) is 6.92 Å². The largest absolute Gasteiger partial charge is 0.466 e. The number of ether oxygens (including phenoxy) is 3. The maximum Gasteiger partial charge on any atom is 0.330 e. The van der Waals surface area contributed by atoms with Crippen LogP contribution in [-0.2, 0) is 28.6 Å². The third kappa shape index (κ3) is 9.29. The number of fused-ring (bicyclic) bond motifs is 4. The van der Waals surface area contributed by atoms with Crippen molar-refractivity contribution < 1.29 is 30.0 Å². The molecule has 4 bridgehead atoms. The monoisotopic (exact) mass is 501 g/mol. The van der Waals surface area contributed by atoms with Gasteiger partial charge in [-0.1, -0.05) is 55.2 Å². The summed E-state index contributed by atoms with van der Waals surface area (Å²) in [5.41, 5.74) is 0. The first-order valence-corrected chi connectivity index (χ1v) is 13.2. The summed E-state index contributed by atoms with van der Waals surface area (Å²) in [4.78, 5) is 32.8. The molecule has 0 aromatic rings. The van der Waals surface area contributed by atoms with Gasteiger partial charge in [0.1, 0.15) is 0 Å². The lowest BCUT2D eigenvalue weighted by Crippen LogP contribution is -2.21. The average Bonchev–Trinajstić information content (AvgIpc) is 3.73. The Morgan fingerprint density at radius 1 is 0.750 bits per heavy atom. The van der Waals surface area contributed by atoms with Crippen molar-refractivity contribution in [3.8, 4) is 0 Å². The van der Waals surface area contributed by atoms with Crippen molar-refractivity contribution in [2.45, 2.75) is 52.9 Å². The zero-order chi connectivity index (χ0) is 26.3. The fraction of sp³-hybridized carbons (Fsp3) is 0.567. The Balaban J connectivity index is 0.000000258. The summed E-state index contributed by atoms with van der Waals surface area (Å²) in [6, 6.07) is 0. The van der Waals surface area contributed by atoms with Crippen LogP contribution in [0.3, 0.4) is 0 Å². The molecule has 0 radical (unpaired) electrons. The Hall–Kier alpha value is -2.89. The van der Waals surface area contributed by atoms with E-state index in [0.29, 0.717) is 43.5 Å². The predicted molar refractivity (Wildman–Crippen MR) is 143 cm³/mol. The zero-order valence-electron chi connectivity index (χ0n) is 22.0. The lowest BCUT2D eigenvalue weighted by atomic mass is 9.94. The first-order valence-electron chi connectivity index (χ1n) is 13.2. The van der Waals surface area contributed by atoms with Gasteiger partial charge in [-0.25, -0.2) is 4.79 Å². The van der Waals surface area contributed by atoms with Crippen LogP contribution in [0.1, 0.15) is 54.3 Å². The van der Waals surface area contributed by atoms with Gasteiger partial charge < -0.3 is 14.2 Å². The molecule has 0 aromatic heterocycles. The van der Waals surface area contributed by atoms with Crippen molar-refractivity contribution >= 4 is 17.9 Å². The normalized spacial score (nSPS) is 28.8. The van der Waals surface area contributed by atoms with Crippen LogP contribution in [0.15, 0.2) is 61.3 Å². The average molecular weight is 502 g/mol. The van der Waals surface area contributed by atoms with Crippen LogP contribution in [0.5, 0.6) is 0 Å². The second-order valence-electron chi connectivity index (χ2n) is 9.33. The summed E-state index contributed by atoms with van der Waals surface area (Å²) in [6.07, 6.45) is 23.8. The predicted octanol–water partition coefficient (Wildman–Crippen LogP) is 6.01. The number of carbonyl (C=O) groups excluding carboxylic acids is 3. The van der Waals surface area contributed by atoms with E-state index >= 15 is 0 Å². The molecule has 0 saturated heterocycles. The summed E-state index contributed by atoms with van der Waals surface area (Å²) in [7, 11) is 0. The maximum absolute atomic E-state index is 11.4. The second kappa shape index (κ2) is 16.0. The Morgan fingerprint density at radius 2 is 1.19 bits per heavy atom. The van der Waals surface area contributed by atoms with Gasteiger partial charge >= 0.3 is 17.9 Å². The van der Waals surface area contributed by atoms with Crippen molar-refractivity contribution in [1.29, 1.82) is 0 Å². The molecule has 200 valence electrons. The zero-order valence-corrected chi connectivity index (χ0v) is 22.0. The molecule has 2 fully saturated rings. The molecule has 6 heteroatoms. The van der Waals surface area contributed by atoms with Crippen molar-refractivity contribution in [1.82, 2.24) is 0 Å². The molecule has 0 aromatic carbocycles. The third-order valence-corrected chi connectivity index (χ3v) is 6.85. The summed E-state index contributed by atoms with van der Waals surface area (Å²) < 4.78 is 14.4. The molecule has 5 rings (SSSR count). The quantitative estimate of drug-likeness (QED) is 0.192. The lowest BCUT2D eigenvalue weighted by Gasteiger charge is -2.15. The van der Waals surface area contributed by atoms with Crippen LogP contribution in [-0.4, -0.2) is 37.7 Å². The Morgan fingerprint density at radius 3 is 1.42 bits per heavy atom. The van der Waals surface area contributed by atoms with Gasteiger partial charge in [0.2, 0.25) is 0 Å². The molecule has 5 aliphatic rings. The molecular weight excluding hydrogens is 456 g/mol. The molecule has 0 spiro atoms. The highest BCUT2D eigenvalue weighted by atomic mass is 16.5. The summed E-state index contributed by atoms with van der Waals surface area (Å²) in [6.45, 7) is 10.1. The third-order valence-electron chi connectivity index (χ3n) is 6.85. The van der Waals surface area contributed by atoms with Crippen molar-refractivity contribution in [2.24, 2.45) is 35.5 Å². The van der Waals surface area contributed by atoms with E-state index in [9.17, 15) is 14.4 Å². The molecule has 6 atom stereocenters. The standard InChI is InChI=1S/2C10H14O2.C5H8O2.C5H6.H2/c2*1-2-12-10(11)9-6-7-3-4-8(9)5-7;1-3-5(6)7-4-2;1-2-4-5-3-1;/h2*3-4,7-9H,2,5-6H2,1H3;3H,1,4H2,2H3;1-4H,5H2;1H/t2*7?,8?,9-;;;/m10.../s1/i;;;;1+1. The van der Waals surface area contributed by atoms with Crippen molar-refractivity contribution in [3.63, 3.8) is 0 Å². The summed E-state index contributed by atoms with van der Waals surface area (Å²) >= 11 is 0. The van der Waals surface area contributed by atoms with Crippen LogP contribution < -0.4 is 0 Å². The molecule has 0 aliphatic heterocycles. The Labute approximate surface area is 217 Å². The van der Waals surface area contributed by atoms with Gasteiger partial charge in [0.25, 0.3) is 0 Å². The van der Waals surface area contributed by atoms with Gasteiger partial charge in [0.15, 0.2) is 0 Å². The molecule has 36 heavy (non-hydrogen) atoms. The highest BCUT2D eigenvalue weighted by Gasteiger charge is 2.41. The van der Waals surface area contributed by atoms with E-state index in [1.807, 2.05) is 13.8 Å². The van der Waals surface area contributed by atoms with E-state index in [0.717, 1.165) is 25.3 Å². The Bertz CT molecular complexity index is 800. The first-order chi connectivity index (χ1) is 17.4. The van der Waals surface area contributed by atoms with E-state index < -0.39 is 0 Å². The minimum atomic E-state index is -0.359. The SMILES string of the molecule is C1=CCC=C1.C=CC(=O)OCC.CCOC(=O)[C@@H]1CC2C=CC1C2.CCOC(=O)[C@H]1CC2C=CC1C2.[2HH]. The van der Waals surface area contributed by atoms with Gasteiger partial charge in [-0.3, -0.25) is 9.59 Å². The fourth-order valence-corrected chi connectivity index (χ4v) is 5.20. The minimum Gasteiger partial charge on any atom is -0.466 e. The molecule has 0 amide bonds. The second-order valence-corrected chi connectivity index (χ2v) is 9.33. The Kier molecular flexibility index (Phi) is 13.0. The van der Waals surface area contributed by atoms with E-state index in [2.05, 4.69) is 59.9 Å². The van der Waals surface area contributed by atoms with Gasteiger partial charge in [-0.05, 0) is 76.5 Å². The van der Waals surface area contributed by atoms with Crippen molar-refractivity contribution in [2.75, 3.05) is 19.8 Å². The first kappa shape index (κ1) is 29.3. The molecule has 4 unspecified atom stereocenters. The molecule has 2 saturated carbocycles. The van der Waals surface area contributed by atoms with Gasteiger partial charge in [0, 0.05) is 7.50 Å². The number of allylic oxidation sites excluding steroid dienone is 8. The summed E-state index contributed by atoms with van der Waals surface area (Å²) in [5.74, 6) is 2.27. The summed E-state index contributed by atoms with van der Waals surface area (Å²) in [5, 5.41) is 0. The molecule has 0 N–H and O–H groups in total. The van der Waals surface area contributed by atoms with E-state index in [4.69, 9.17) is 9.47 Å². The van der Waals surface area contributed by atoms with Crippen LogP contribution in [0.4, 0.5) is 0 Å². The molecule has 6 nitrogen and oxygen atoms in total. The maximum atomic E-state index is 11.4. The highest BCUT2D eigenvalue weighted by Crippen LogP contribution is 2.44. The van der Waals surface area contributed by atoms with Crippen LogP contribution in [0.2, 0.25) is 0 Å². The fourth-order valence-electron chi connectivity index (χ4n) is 5.20. The topological polar surface area (TPSA) is 78.9 Å². The van der Waals surface area contributed by atoms with E-state index in [-0.39, 0.29) is 31.2 Å². The van der Waals surface area contributed by atoms with Gasteiger partial charge in [-0.15, -0.1) is 0 Å². The van der Waals surface area contributed by atoms with Gasteiger partial charge in [0.05, 0.1) is 31.7 Å². The van der Waals surface area contributed by atoms with Crippen LogP contribution >= 0.6 is 0 Å². The van der Waals surface area contributed by atoms with Crippen molar-refractivity contribution in [3.05, 3.63) is 61.3 Å². The number of rotatable bonds is 6. The van der Waals surface area contributed by atoms with Crippen LogP contribution in [0, 0.1) is 35.5 Å². The van der Waals surface area contributed by atoms with E-state index in [1.165, 1.54) is 12.8 Å². The number of hydrogen-bond acceptors (Lipinski definition) is 6. The molecular formula is C30H44O6. The van der Waals surface area contributed by atoms with Crippen LogP contribution in [0.25, 0.3) is 0 Å². The molecule has 5 aliphatic carbocycles. The highest BCUT2D eigenvalue weighted by molar-refractivity contribution is 5.81. The number of hydrogen-bond donors (Lipinski definition) is 0. The minimum absolute atomic E-state index is 0. The van der Waals surface area contributed by atoms with Gasteiger partial charge in [-0.2, -0.15) is 0 Å². The molecule has 0 heterocycles. The lowest BCUT2D eigenvalue weighted by molar-refractivity contribution is -0.149. The number of carbonyl (C=O) groups is 3. The smallest absolute Gasteiger partial charge is 0.330 e. The number of esters is 3.